The van der Waals surface area contributed by atoms with Gasteiger partial charge in [0, 0.05) is 45.4 Å². The number of primary amides is 1. The van der Waals surface area contributed by atoms with Crippen LogP contribution in [0.2, 0.25) is 0 Å². The van der Waals surface area contributed by atoms with Crippen LogP contribution in [0.3, 0.4) is 0 Å². The average Bonchev–Trinajstić information content (AvgIpc) is 2.84. The van der Waals surface area contributed by atoms with E-state index >= 15 is 0 Å². The third-order valence-corrected chi connectivity index (χ3v) is 8.11. The Morgan fingerprint density at radius 1 is 1.10 bits per heavy atom. The summed E-state index contributed by atoms with van der Waals surface area (Å²) in [5, 5.41) is 48.3. The van der Waals surface area contributed by atoms with Crippen molar-refractivity contribution in [2.75, 3.05) is 59.0 Å². The number of hydrogen-bond acceptors (Lipinski definition) is 11. The number of phenols is 1. The number of hydrogen-bond donors (Lipinski definition) is 6. The number of nitrogens with two attached hydrogens (primary N) is 1. The fourth-order valence-corrected chi connectivity index (χ4v) is 6.15. The second kappa shape index (κ2) is 9.82. The largest absolute Gasteiger partial charge is 0.508 e. The Kier molecular flexibility index (Phi) is 7.10. The van der Waals surface area contributed by atoms with E-state index in [9.17, 15) is 39.6 Å². The molecule has 0 saturated heterocycles. The molecule has 4 rings (SSSR count). The molecule has 0 heterocycles. The maximum Gasteiger partial charge on any atom is 0.255 e. The van der Waals surface area contributed by atoms with E-state index in [-0.39, 0.29) is 42.1 Å². The van der Waals surface area contributed by atoms with Gasteiger partial charge in [-0.3, -0.25) is 24.1 Å². The van der Waals surface area contributed by atoms with Crippen LogP contribution in [-0.4, -0.2) is 114 Å². The molecular formula is C27H35N5O8. The minimum Gasteiger partial charge on any atom is -0.508 e. The highest BCUT2D eigenvalue weighted by molar-refractivity contribution is 6.24. The molecule has 1 fully saturated rings. The summed E-state index contributed by atoms with van der Waals surface area (Å²) in [7, 11) is 9.78. The summed E-state index contributed by atoms with van der Waals surface area (Å²) in [6.07, 6.45) is 0.156. The lowest BCUT2D eigenvalue weighted by Crippen LogP contribution is -2.65. The van der Waals surface area contributed by atoms with Gasteiger partial charge in [-0.2, -0.15) is 0 Å². The highest BCUT2D eigenvalue weighted by atomic mass is 16.3. The van der Waals surface area contributed by atoms with Gasteiger partial charge in [-0.1, -0.05) is 0 Å². The van der Waals surface area contributed by atoms with Crippen LogP contribution >= 0.6 is 0 Å². The monoisotopic (exact) mass is 557 g/mol. The SMILES string of the molecule is CN(C)C(=O)CNc1cc(N(C)C)c2c(c1O)C(O)=C1C(=O)[C@]3(O)C(O)=C(C(N)=O)C(=O)C(N(C)C)[C@@H]3C[C@@H]1C2. The van der Waals surface area contributed by atoms with Gasteiger partial charge in [-0.25, -0.2) is 0 Å². The number of carbonyl (C=O) groups excluding carboxylic acids is 4. The number of Topliss-reactive ketones (excluding diaryl/α,β-unsaturated/α-hetero) is 2. The number of nitrogens with one attached hydrogen (secondary N) is 1. The smallest absolute Gasteiger partial charge is 0.255 e. The van der Waals surface area contributed by atoms with Crippen molar-refractivity contribution in [3.63, 3.8) is 0 Å². The molecule has 1 aromatic carbocycles. The van der Waals surface area contributed by atoms with E-state index in [1.54, 1.807) is 53.3 Å². The van der Waals surface area contributed by atoms with Crippen LogP contribution < -0.4 is 16.0 Å². The van der Waals surface area contributed by atoms with Crippen molar-refractivity contribution < 1.29 is 39.6 Å². The summed E-state index contributed by atoms with van der Waals surface area (Å²) in [6.45, 7) is -0.152. The topological polar surface area (TPSA) is 197 Å². The number of aliphatic hydroxyl groups excluding tert-OH is 2. The van der Waals surface area contributed by atoms with E-state index in [1.807, 2.05) is 0 Å². The summed E-state index contributed by atoms with van der Waals surface area (Å²) < 4.78 is 0. The molecule has 1 saturated carbocycles. The van der Waals surface area contributed by atoms with Crippen LogP contribution in [-0.2, 0) is 25.6 Å². The molecule has 3 aliphatic carbocycles. The van der Waals surface area contributed by atoms with E-state index in [2.05, 4.69) is 5.32 Å². The second-order valence-electron chi connectivity index (χ2n) is 11.1. The molecule has 1 unspecified atom stereocenters. The zero-order chi connectivity index (χ0) is 30.0. The Hall–Kier alpha value is -4.10. The maximum absolute atomic E-state index is 14.0. The lowest BCUT2D eigenvalue weighted by Gasteiger charge is -2.50. The van der Waals surface area contributed by atoms with Gasteiger partial charge in [0.05, 0.1) is 23.8 Å². The molecule has 0 aromatic heterocycles. The molecule has 13 heteroatoms. The number of fused-ring (bicyclic) bond motifs is 3. The quantitative estimate of drug-likeness (QED) is 0.195. The summed E-state index contributed by atoms with van der Waals surface area (Å²) in [6, 6.07) is 0.483. The van der Waals surface area contributed by atoms with Crippen LogP contribution in [0.1, 0.15) is 17.5 Å². The van der Waals surface area contributed by atoms with Crippen molar-refractivity contribution >= 4 is 40.5 Å². The minimum absolute atomic E-state index is 0.00324. The number of anilines is 2. The van der Waals surface area contributed by atoms with Gasteiger partial charge in [-0.15, -0.1) is 0 Å². The van der Waals surface area contributed by atoms with Gasteiger partial charge in [0.2, 0.25) is 11.7 Å². The number of ketones is 2. The number of amides is 2. The van der Waals surface area contributed by atoms with E-state index < -0.39 is 63.8 Å². The number of phenolic OH excluding ortho intramolecular Hbond substituents is 1. The van der Waals surface area contributed by atoms with Crippen molar-refractivity contribution in [3.8, 4) is 5.75 Å². The summed E-state index contributed by atoms with van der Waals surface area (Å²) in [5.74, 6) is -7.42. The Morgan fingerprint density at radius 2 is 1.73 bits per heavy atom. The average molecular weight is 558 g/mol. The van der Waals surface area contributed by atoms with Crippen LogP contribution in [0.4, 0.5) is 11.4 Å². The number of aromatic hydroxyl groups is 1. The molecule has 7 N–H and O–H groups in total. The first-order valence-corrected chi connectivity index (χ1v) is 12.7. The maximum atomic E-state index is 14.0. The molecule has 3 aliphatic rings. The normalized spacial score (nSPS) is 25.9. The molecular weight excluding hydrogens is 522 g/mol. The van der Waals surface area contributed by atoms with Crippen molar-refractivity contribution in [1.29, 1.82) is 0 Å². The number of likely N-dealkylation sites (N-methyl/N-ethyl adjacent to an activating group) is 2. The summed E-state index contributed by atoms with van der Waals surface area (Å²) >= 11 is 0. The molecule has 13 nitrogen and oxygen atoms in total. The van der Waals surface area contributed by atoms with Gasteiger partial charge in [-0.05, 0) is 44.5 Å². The van der Waals surface area contributed by atoms with E-state index in [4.69, 9.17) is 5.73 Å². The number of carbonyl (C=O) groups is 4. The first kappa shape index (κ1) is 28.9. The van der Waals surface area contributed by atoms with Gasteiger partial charge in [0.25, 0.3) is 5.91 Å². The highest BCUT2D eigenvalue weighted by Gasteiger charge is 2.64. The Balaban J connectivity index is 1.93. The molecule has 216 valence electrons. The third-order valence-electron chi connectivity index (χ3n) is 8.11. The number of benzene rings is 1. The van der Waals surface area contributed by atoms with Crippen LogP contribution in [0, 0.1) is 11.8 Å². The van der Waals surface area contributed by atoms with Crippen LogP contribution in [0.5, 0.6) is 5.75 Å². The predicted octanol–water partition coefficient (Wildman–Crippen LogP) is -0.470. The second-order valence-corrected chi connectivity index (χ2v) is 11.1. The van der Waals surface area contributed by atoms with Gasteiger partial charge in [0.1, 0.15) is 22.8 Å². The molecule has 0 spiro atoms. The molecule has 40 heavy (non-hydrogen) atoms. The van der Waals surface area contributed by atoms with Gasteiger partial charge < -0.3 is 41.3 Å². The fraction of sp³-hybridized carbons (Fsp3) is 0.481. The van der Waals surface area contributed by atoms with E-state index in [0.29, 0.717) is 11.3 Å². The van der Waals surface area contributed by atoms with Crippen molar-refractivity contribution in [2.24, 2.45) is 17.6 Å². The van der Waals surface area contributed by atoms with Gasteiger partial charge >= 0.3 is 0 Å². The number of aliphatic hydroxyl groups is 3. The lowest BCUT2D eigenvalue weighted by molar-refractivity contribution is -0.153. The Labute approximate surface area is 231 Å². The summed E-state index contributed by atoms with van der Waals surface area (Å²) in [5.41, 5.74) is 2.76. The molecule has 0 aliphatic heterocycles. The first-order valence-electron chi connectivity index (χ1n) is 12.7. The van der Waals surface area contributed by atoms with Crippen molar-refractivity contribution in [3.05, 3.63) is 34.1 Å². The fourth-order valence-electron chi connectivity index (χ4n) is 6.15. The Morgan fingerprint density at radius 3 is 2.25 bits per heavy atom. The number of rotatable bonds is 6. The number of nitrogens with zero attached hydrogens (tertiary/aromatic N) is 3. The van der Waals surface area contributed by atoms with E-state index in [1.165, 1.54) is 9.80 Å². The molecule has 1 aromatic rings. The zero-order valence-corrected chi connectivity index (χ0v) is 23.3. The van der Waals surface area contributed by atoms with Crippen molar-refractivity contribution in [2.45, 2.75) is 24.5 Å². The first-order chi connectivity index (χ1) is 18.5. The highest BCUT2D eigenvalue weighted by Crippen LogP contribution is 2.54. The Bertz CT molecular complexity index is 1400. The standard InChI is InChI=1S/C27H35N5O8/c1-30(2)15-9-14(29-10-16(33)31(3)4)21(34)18-12(15)7-11-8-13-20(32(5)6)23(36)19(26(28)39)25(38)27(13,40)24(37)17(11)22(18)35/h9,11,13,20,29,34-35,38,40H,7-8,10H2,1-6H3,(H2,28,39)/t11-,13-,20?,27-/m0/s1. The molecule has 2 amide bonds. The third kappa shape index (κ3) is 4.07. The van der Waals surface area contributed by atoms with Crippen molar-refractivity contribution in [1.82, 2.24) is 9.80 Å². The van der Waals surface area contributed by atoms with E-state index in [0.717, 1.165) is 0 Å². The zero-order valence-electron chi connectivity index (χ0n) is 23.3. The molecule has 0 radical (unpaired) electrons. The molecule has 0 bridgehead atoms. The van der Waals surface area contributed by atoms with Crippen LogP contribution in [0.15, 0.2) is 23.0 Å². The lowest BCUT2D eigenvalue weighted by atomic mass is 9.57. The van der Waals surface area contributed by atoms with Gasteiger partial charge in [0.15, 0.2) is 11.4 Å². The minimum atomic E-state index is -2.71. The summed E-state index contributed by atoms with van der Waals surface area (Å²) in [4.78, 5) is 56.1. The molecule has 4 atom stereocenters. The van der Waals surface area contributed by atoms with Crippen LogP contribution in [0.25, 0.3) is 5.76 Å². The predicted molar refractivity (Wildman–Crippen MR) is 146 cm³/mol.